The largest absolute Gasteiger partial charge is 0.492 e. The lowest BCUT2D eigenvalue weighted by Gasteiger charge is -2.31. The first-order valence-electron chi connectivity index (χ1n) is 11.1. The van der Waals surface area contributed by atoms with Crippen LogP contribution in [0.2, 0.25) is 0 Å². The van der Waals surface area contributed by atoms with Crippen molar-refractivity contribution in [3.63, 3.8) is 0 Å². The van der Waals surface area contributed by atoms with Crippen LogP contribution in [0.3, 0.4) is 0 Å². The molecule has 2 aliphatic rings. The van der Waals surface area contributed by atoms with Gasteiger partial charge in [0.1, 0.15) is 12.4 Å². The third-order valence-corrected chi connectivity index (χ3v) is 5.53. The van der Waals surface area contributed by atoms with Crippen molar-refractivity contribution >= 4 is 36.0 Å². The van der Waals surface area contributed by atoms with Gasteiger partial charge in [0.15, 0.2) is 5.96 Å². The average molecular weight is 561 g/mol. The summed E-state index contributed by atoms with van der Waals surface area (Å²) in [6, 6.07) is 8.14. The minimum Gasteiger partial charge on any atom is -0.492 e. The maximum atomic E-state index is 11.8. The number of morpholine rings is 1. The number of amides is 1. The quantitative estimate of drug-likeness (QED) is 0.285. The van der Waals surface area contributed by atoms with Crippen LogP contribution in [0, 0.1) is 0 Å². The maximum absolute atomic E-state index is 11.8. The molecule has 32 heavy (non-hydrogen) atoms. The lowest BCUT2D eigenvalue weighted by atomic mass is 10.1. The zero-order chi connectivity index (χ0) is 21.9. The van der Waals surface area contributed by atoms with E-state index in [9.17, 15) is 4.79 Å². The SMILES string of the molecule is CCOC(=O)N1CCC(NC(N)=NCc2ccccc2OCCN2CCOCC2)CC1.I. The number of carbonyl (C=O) groups excluding carboxylic acids is 1. The minimum atomic E-state index is -0.243. The number of ether oxygens (including phenoxy) is 3. The van der Waals surface area contributed by atoms with Gasteiger partial charge >= 0.3 is 6.09 Å². The third kappa shape index (κ3) is 8.62. The number of aliphatic imine (C=N–C) groups is 1. The molecule has 0 bridgehead atoms. The Balaban J connectivity index is 0.00000363. The van der Waals surface area contributed by atoms with Crippen molar-refractivity contribution in [3.8, 4) is 5.75 Å². The second kappa shape index (κ2) is 14.4. The second-order valence-electron chi connectivity index (χ2n) is 7.72. The molecule has 180 valence electrons. The first kappa shape index (κ1) is 26.5. The summed E-state index contributed by atoms with van der Waals surface area (Å²) in [5, 5.41) is 3.28. The topological polar surface area (TPSA) is 102 Å². The van der Waals surface area contributed by atoms with Crippen molar-refractivity contribution in [1.29, 1.82) is 0 Å². The number of hydrogen-bond acceptors (Lipinski definition) is 6. The van der Waals surface area contributed by atoms with E-state index >= 15 is 0 Å². The summed E-state index contributed by atoms with van der Waals surface area (Å²) in [6.07, 6.45) is 1.39. The summed E-state index contributed by atoms with van der Waals surface area (Å²) in [6.45, 7) is 8.99. The van der Waals surface area contributed by atoms with E-state index in [1.165, 1.54) is 0 Å². The highest BCUT2D eigenvalue weighted by Crippen LogP contribution is 2.19. The van der Waals surface area contributed by atoms with Crippen LogP contribution in [-0.2, 0) is 16.0 Å². The molecule has 0 radical (unpaired) electrons. The summed E-state index contributed by atoms with van der Waals surface area (Å²) in [5.74, 6) is 1.26. The van der Waals surface area contributed by atoms with E-state index in [2.05, 4.69) is 15.2 Å². The molecule has 1 aromatic carbocycles. The Kier molecular flexibility index (Phi) is 11.9. The van der Waals surface area contributed by atoms with Crippen LogP contribution < -0.4 is 15.8 Å². The number of halogens is 1. The number of guanidine groups is 1. The lowest BCUT2D eigenvalue weighted by Crippen LogP contribution is -2.48. The Bertz CT molecular complexity index is 722. The molecule has 1 amide bonds. The molecule has 2 heterocycles. The van der Waals surface area contributed by atoms with Crippen LogP contribution in [-0.4, -0.2) is 87.0 Å². The van der Waals surface area contributed by atoms with Crippen LogP contribution in [0.1, 0.15) is 25.3 Å². The molecule has 2 aliphatic heterocycles. The monoisotopic (exact) mass is 561 g/mol. The maximum Gasteiger partial charge on any atom is 0.409 e. The van der Waals surface area contributed by atoms with Gasteiger partial charge in [0.25, 0.3) is 0 Å². The summed E-state index contributed by atoms with van der Waals surface area (Å²) >= 11 is 0. The Morgan fingerprint density at radius 2 is 1.94 bits per heavy atom. The number of carbonyl (C=O) groups is 1. The number of rotatable bonds is 8. The molecule has 0 aliphatic carbocycles. The molecule has 0 atom stereocenters. The molecule has 0 saturated carbocycles. The van der Waals surface area contributed by atoms with Gasteiger partial charge in [0.2, 0.25) is 0 Å². The Morgan fingerprint density at radius 3 is 2.66 bits per heavy atom. The minimum absolute atomic E-state index is 0. The van der Waals surface area contributed by atoms with E-state index in [1.807, 2.05) is 31.2 Å². The highest BCUT2D eigenvalue weighted by Gasteiger charge is 2.23. The second-order valence-corrected chi connectivity index (χ2v) is 7.72. The lowest BCUT2D eigenvalue weighted by molar-refractivity contribution is 0.0322. The number of para-hydroxylation sites is 1. The number of likely N-dealkylation sites (tertiary alicyclic amines) is 1. The van der Waals surface area contributed by atoms with Gasteiger partial charge in [-0.2, -0.15) is 0 Å². The fourth-order valence-electron chi connectivity index (χ4n) is 3.73. The van der Waals surface area contributed by atoms with E-state index in [0.29, 0.717) is 38.8 Å². The summed E-state index contributed by atoms with van der Waals surface area (Å²) in [5.41, 5.74) is 7.12. The number of piperidine rings is 1. The van der Waals surface area contributed by atoms with Gasteiger partial charge in [-0.25, -0.2) is 9.79 Å². The van der Waals surface area contributed by atoms with Gasteiger partial charge in [0.05, 0.1) is 26.4 Å². The van der Waals surface area contributed by atoms with Gasteiger partial charge in [-0.3, -0.25) is 4.90 Å². The Labute approximate surface area is 207 Å². The molecule has 10 heteroatoms. The number of nitrogens with two attached hydrogens (primary N) is 1. The number of benzene rings is 1. The number of hydrogen-bond donors (Lipinski definition) is 2. The fourth-order valence-corrected chi connectivity index (χ4v) is 3.73. The summed E-state index contributed by atoms with van der Waals surface area (Å²) in [7, 11) is 0. The molecule has 2 saturated heterocycles. The average Bonchev–Trinajstić information content (AvgIpc) is 2.80. The highest BCUT2D eigenvalue weighted by molar-refractivity contribution is 14.0. The molecular weight excluding hydrogens is 525 g/mol. The van der Waals surface area contributed by atoms with Gasteiger partial charge in [-0.1, -0.05) is 18.2 Å². The zero-order valence-corrected chi connectivity index (χ0v) is 21.2. The van der Waals surface area contributed by atoms with Gasteiger partial charge in [-0.05, 0) is 25.8 Å². The summed E-state index contributed by atoms with van der Waals surface area (Å²) in [4.78, 5) is 20.4. The van der Waals surface area contributed by atoms with Gasteiger partial charge in [0, 0.05) is 44.3 Å². The van der Waals surface area contributed by atoms with Crippen molar-refractivity contribution < 1.29 is 19.0 Å². The van der Waals surface area contributed by atoms with Gasteiger partial charge in [-0.15, -0.1) is 24.0 Å². The standard InChI is InChI=1S/C22H35N5O4.HI/c1-2-30-22(28)27-9-7-19(8-10-27)25-21(23)24-17-18-5-3-4-6-20(18)31-16-13-26-11-14-29-15-12-26;/h3-6,19H,2,7-17H2,1H3,(H3,23,24,25);1H. The van der Waals surface area contributed by atoms with E-state index in [0.717, 1.165) is 57.0 Å². The smallest absolute Gasteiger partial charge is 0.409 e. The first-order valence-corrected chi connectivity index (χ1v) is 11.1. The molecule has 0 unspecified atom stereocenters. The predicted octanol–water partition coefficient (Wildman–Crippen LogP) is 2.04. The van der Waals surface area contributed by atoms with E-state index in [1.54, 1.807) is 4.90 Å². The van der Waals surface area contributed by atoms with Crippen LogP contribution >= 0.6 is 24.0 Å². The molecule has 3 N–H and O–H groups in total. The van der Waals surface area contributed by atoms with Crippen molar-refractivity contribution in [3.05, 3.63) is 29.8 Å². The van der Waals surface area contributed by atoms with E-state index < -0.39 is 0 Å². The van der Waals surface area contributed by atoms with Crippen molar-refractivity contribution in [1.82, 2.24) is 15.1 Å². The molecular formula is C22H36IN5O4. The van der Waals surface area contributed by atoms with Crippen molar-refractivity contribution in [2.24, 2.45) is 10.7 Å². The van der Waals surface area contributed by atoms with Crippen molar-refractivity contribution in [2.45, 2.75) is 32.4 Å². The molecule has 9 nitrogen and oxygen atoms in total. The number of nitrogens with one attached hydrogen (secondary N) is 1. The molecule has 1 aromatic rings. The van der Waals surface area contributed by atoms with Crippen LogP contribution in [0.5, 0.6) is 5.75 Å². The fraction of sp³-hybridized carbons (Fsp3) is 0.636. The normalized spacial score (nSPS) is 18.0. The van der Waals surface area contributed by atoms with E-state index in [-0.39, 0.29) is 36.1 Å². The molecule has 0 spiro atoms. The van der Waals surface area contributed by atoms with Crippen LogP contribution in [0.4, 0.5) is 4.79 Å². The zero-order valence-electron chi connectivity index (χ0n) is 18.8. The summed E-state index contributed by atoms with van der Waals surface area (Å²) < 4.78 is 16.5. The predicted molar refractivity (Wildman–Crippen MR) is 135 cm³/mol. The molecule has 3 rings (SSSR count). The van der Waals surface area contributed by atoms with Crippen LogP contribution in [0.15, 0.2) is 29.3 Å². The highest BCUT2D eigenvalue weighted by atomic mass is 127. The van der Waals surface area contributed by atoms with Gasteiger partial charge < -0.3 is 30.2 Å². The van der Waals surface area contributed by atoms with E-state index in [4.69, 9.17) is 19.9 Å². The van der Waals surface area contributed by atoms with Crippen molar-refractivity contribution in [2.75, 3.05) is 59.2 Å². The molecule has 2 fully saturated rings. The first-order chi connectivity index (χ1) is 15.2. The molecule has 0 aromatic heterocycles. The Morgan fingerprint density at radius 1 is 1.22 bits per heavy atom. The number of nitrogens with zero attached hydrogens (tertiary/aromatic N) is 3. The van der Waals surface area contributed by atoms with Crippen LogP contribution in [0.25, 0.3) is 0 Å². The third-order valence-electron chi connectivity index (χ3n) is 5.53. The Hall–Kier alpha value is -1.79.